The van der Waals surface area contributed by atoms with Crippen LogP contribution in [0.3, 0.4) is 0 Å². The molecule has 0 unspecified atom stereocenters. The van der Waals surface area contributed by atoms with Crippen LogP contribution in [0.25, 0.3) is 6.08 Å². The van der Waals surface area contributed by atoms with Crippen molar-refractivity contribution in [3.05, 3.63) is 69.7 Å². The Kier molecular flexibility index (Phi) is 5.68. The lowest BCUT2D eigenvalue weighted by molar-refractivity contribution is -0.107. The Hall–Kier alpha value is -1.48. The summed E-state index contributed by atoms with van der Waals surface area (Å²) in [4.78, 5) is 10.7. The third-order valence-corrected chi connectivity index (χ3v) is 3.34. The van der Waals surface area contributed by atoms with E-state index in [1.807, 2.05) is 12.1 Å². The average molecular weight is 342 g/mol. The molecule has 0 spiro atoms. The minimum absolute atomic E-state index is 0.395. The van der Waals surface area contributed by atoms with E-state index >= 15 is 0 Å². The maximum absolute atomic E-state index is 10.7. The molecule has 2 rings (SSSR count). The lowest BCUT2D eigenvalue weighted by Crippen LogP contribution is -1.95. The molecule has 5 heteroatoms. The molecule has 108 valence electrons. The first kappa shape index (κ1) is 15.9. The maximum Gasteiger partial charge on any atom is 0.245 e. The summed E-state index contributed by atoms with van der Waals surface area (Å²) in [6, 6.07) is 12.6. The highest BCUT2D eigenvalue weighted by atomic mass is 35.5. The van der Waals surface area contributed by atoms with Crippen molar-refractivity contribution in [1.29, 1.82) is 0 Å². The van der Waals surface area contributed by atoms with Crippen LogP contribution in [0.5, 0.6) is 5.75 Å². The summed E-state index contributed by atoms with van der Waals surface area (Å²) >= 11 is 17.2. The third kappa shape index (κ3) is 5.09. The summed E-state index contributed by atoms with van der Waals surface area (Å²) in [6.45, 7) is 0.395. The highest BCUT2D eigenvalue weighted by molar-refractivity contribution is 6.66. The van der Waals surface area contributed by atoms with Crippen LogP contribution in [0.15, 0.2) is 48.5 Å². The van der Waals surface area contributed by atoms with Gasteiger partial charge in [-0.25, -0.2) is 0 Å². The van der Waals surface area contributed by atoms with Crippen molar-refractivity contribution >= 4 is 46.1 Å². The number of hydrogen-bond acceptors (Lipinski definition) is 2. The molecule has 0 aliphatic carbocycles. The van der Waals surface area contributed by atoms with E-state index in [-0.39, 0.29) is 0 Å². The highest BCUT2D eigenvalue weighted by Crippen LogP contribution is 2.27. The molecule has 0 atom stereocenters. The standard InChI is InChI=1S/C16H11Cl3O2/c17-13-5-1-12(2-6-13)10-21-15-7-3-11(9-14(15)18)4-8-16(19)20/h1-9H,10H2/b8-4+. The van der Waals surface area contributed by atoms with Crippen LogP contribution in [0, 0.1) is 0 Å². The Balaban J connectivity index is 2.04. The first-order valence-corrected chi connectivity index (χ1v) is 7.22. The van der Waals surface area contributed by atoms with E-state index in [0.717, 1.165) is 11.1 Å². The molecule has 0 fully saturated rings. The second-order valence-corrected chi connectivity index (χ2v) is 5.46. The van der Waals surface area contributed by atoms with E-state index in [4.69, 9.17) is 39.5 Å². The third-order valence-electron chi connectivity index (χ3n) is 2.67. The fourth-order valence-electron chi connectivity index (χ4n) is 1.64. The Labute approximate surface area is 137 Å². The van der Waals surface area contributed by atoms with Crippen LogP contribution >= 0.6 is 34.8 Å². The molecule has 0 N–H and O–H groups in total. The van der Waals surface area contributed by atoms with Gasteiger partial charge in [0.1, 0.15) is 12.4 Å². The molecule has 2 aromatic carbocycles. The fourth-order valence-corrected chi connectivity index (χ4v) is 2.07. The number of rotatable bonds is 5. The summed E-state index contributed by atoms with van der Waals surface area (Å²) in [6.07, 6.45) is 2.85. The van der Waals surface area contributed by atoms with Gasteiger partial charge in [-0.3, -0.25) is 4.79 Å². The van der Waals surface area contributed by atoms with Gasteiger partial charge in [-0.15, -0.1) is 0 Å². The lowest BCUT2D eigenvalue weighted by Gasteiger charge is -2.08. The largest absolute Gasteiger partial charge is 0.487 e. The van der Waals surface area contributed by atoms with Gasteiger partial charge in [0.15, 0.2) is 0 Å². The van der Waals surface area contributed by atoms with E-state index in [2.05, 4.69) is 0 Å². The highest BCUT2D eigenvalue weighted by Gasteiger charge is 2.03. The molecule has 0 saturated heterocycles. The van der Waals surface area contributed by atoms with Gasteiger partial charge in [0.2, 0.25) is 5.24 Å². The van der Waals surface area contributed by atoms with Gasteiger partial charge in [-0.05, 0) is 53.1 Å². The molecule has 0 saturated carbocycles. The van der Waals surface area contributed by atoms with Crippen LogP contribution in [0.2, 0.25) is 10.0 Å². The smallest absolute Gasteiger partial charge is 0.245 e. The number of halogens is 3. The number of hydrogen-bond donors (Lipinski definition) is 0. The van der Waals surface area contributed by atoms with Gasteiger partial charge in [-0.1, -0.05) is 47.5 Å². The zero-order chi connectivity index (χ0) is 15.2. The van der Waals surface area contributed by atoms with Crippen molar-refractivity contribution in [1.82, 2.24) is 0 Å². The zero-order valence-corrected chi connectivity index (χ0v) is 13.1. The van der Waals surface area contributed by atoms with Crippen molar-refractivity contribution in [3.8, 4) is 5.75 Å². The number of allylic oxidation sites excluding steroid dienone is 1. The second kappa shape index (κ2) is 7.51. The zero-order valence-electron chi connectivity index (χ0n) is 10.9. The van der Waals surface area contributed by atoms with Crippen LogP contribution in [-0.4, -0.2) is 5.24 Å². The molecule has 0 bridgehead atoms. The number of carbonyl (C=O) groups is 1. The first-order valence-electron chi connectivity index (χ1n) is 6.09. The van der Waals surface area contributed by atoms with E-state index in [0.29, 0.717) is 22.4 Å². The second-order valence-electron chi connectivity index (χ2n) is 4.24. The minimum Gasteiger partial charge on any atom is -0.487 e. The van der Waals surface area contributed by atoms with E-state index in [9.17, 15) is 4.79 Å². The maximum atomic E-state index is 10.7. The molecular weight excluding hydrogens is 331 g/mol. The predicted octanol–water partition coefficient (Wildman–Crippen LogP) is 5.35. The van der Waals surface area contributed by atoms with Crippen molar-refractivity contribution in [3.63, 3.8) is 0 Å². The van der Waals surface area contributed by atoms with Gasteiger partial charge < -0.3 is 4.74 Å². The van der Waals surface area contributed by atoms with Crippen LogP contribution in [-0.2, 0) is 11.4 Å². The van der Waals surface area contributed by atoms with E-state index in [1.165, 1.54) is 6.08 Å². The number of ether oxygens (including phenoxy) is 1. The fraction of sp³-hybridized carbons (Fsp3) is 0.0625. The van der Waals surface area contributed by atoms with Crippen LogP contribution in [0.4, 0.5) is 0 Å². The lowest BCUT2D eigenvalue weighted by atomic mass is 10.2. The summed E-state index contributed by atoms with van der Waals surface area (Å²) in [5.74, 6) is 0.570. The monoisotopic (exact) mass is 340 g/mol. The normalized spacial score (nSPS) is 10.8. The Morgan fingerprint density at radius 3 is 2.43 bits per heavy atom. The summed E-state index contributed by atoms with van der Waals surface area (Å²) < 4.78 is 5.65. The molecular formula is C16H11Cl3O2. The van der Waals surface area contributed by atoms with Crippen LogP contribution < -0.4 is 4.74 Å². The molecule has 0 radical (unpaired) electrons. The van der Waals surface area contributed by atoms with Crippen molar-refractivity contribution in [2.45, 2.75) is 6.61 Å². The van der Waals surface area contributed by atoms with Crippen LogP contribution in [0.1, 0.15) is 11.1 Å². The van der Waals surface area contributed by atoms with Gasteiger partial charge in [0.25, 0.3) is 0 Å². The summed E-state index contributed by atoms with van der Waals surface area (Å²) in [7, 11) is 0. The van der Waals surface area contributed by atoms with Crippen molar-refractivity contribution in [2.24, 2.45) is 0 Å². The van der Waals surface area contributed by atoms with Gasteiger partial charge in [-0.2, -0.15) is 0 Å². The van der Waals surface area contributed by atoms with Crippen molar-refractivity contribution < 1.29 is 9.53 Å². The predicted molar refractivity (Wildman–Crippen MR) is 87.1 cm³/mol. The molecule has 21 heavy (non-hydrogen) atoms. The Bertz CT molecular complexity index is 664. The summed E-state index contributed by atoms with van der Waals surface area (Å²) in [5, 5.41) is 0.615. The Morgan fingerprint density at radius 1 is 1.10 bits per heavy atom. The van der Waals surface area contributed by atoms with Crippen molar-refractivity contribution in [2.75, 3.05) is 0 Å². The van der Waals surface area contributed by atoms with Gasteiger partial charge >= 0.3 is 0 Å². The number of benzene rings is 2. The molecule has 2 nitrogen and oxygen atoms in total. The molecule has 0 aliphatic heterocycles. The summed E-state index contributed by atoms with van der Waals surface area (Å²) in [5.41, 5.74) is 1.76. The van der Waals surface area contributed by atoms with Gasteiger partial charge in [0, 0.05) is 5.02 Å². The quantitative estimate of drug-likeness (QED) is 0.541. The van der Waals surface area contributed by atoms with E-state index in [1.54, 1.807) is 36.4 Å². The Morgan fingerprint density at radius 2 is 1.81 bits per heavy atom. The molecule has 0 aliphatic rings. The van der Waals surface area contributed by atoms with E-state index < -0.39 is 5.24 Å². The molecule has 0 heterocycles. The SMILES string of the molecule is O=C(Cl)/C=C/c1ccc(OCc2ccc(Cl)cc2)c(Cl)c1. The van der Waals surface area contributed by atoms with Gasteiger partial charge in [0.05, 0.1) is 5.02 Å². The minimum atomic E-state index is -0.533. The first-order chi connectivity index (χ1) is 10.0. The molecule has 2 aromatic rings. The number of carbonyl (C=O) groups excluding carboxylic acids is 1. The topological polar surface area (TPSA) is 26.3 Å². The molecule has 0 aromatic heterocycles. The molecule has 0 amide bonds. The average Bonchev–Trinajstić information content (AvgIpc) is 2.46.